The van der Waals surface area contributed by atoms with Gasteiger partial charge >= 0.3 is 5.97 Å². The molecule has 0 atom stereocenters. The van der Waals surface area contributed by atoms with E-state index in [1.165, 1.54) is 0 Å². The third-order valence-electron chi connectivity index (χ3n) is 2.29. The normalized spacial score (nSPS) is 9.62. The van der Waals surface area contributed by atoms with Crippen molar-refractivity contribution in [2.45, 2.75) is 19.7 Å². The lowest BCUT2D eigenvalue weighted by molar-refractivity contribution is 0.0526. The number of aryl methyl sites for hydroxylation is 1. The second kappa shape index (κ2) is 5.53. The Morgan fingerprint density at radius 3 is 2.75 bits per heavy atom. The van der Waals surface area contributed by atoms with Crippen molar-refractivity contribution in [3.63, 3.8) is 0 Å². The number of rotatable bonds is 3. The molecular weight excluding hydrogens is 226 g/mol. The fourth-order valence-electron chi connectivity index (χ4n) is 1.43. The van der Waals surface area contributed by atoms with E-state index in [-0.39, 0.29) is 18.1 Å². The molecule has 0 saturated heterocycles. The van der Waals surface area contributed by atoms with Crippen LogP contribution in [0.2, 0.25) is 0 Å². The quantitative estimate of drug-likeness (QED) is 0.600. The van der Waals surface area contributed by atoms with E-state index in [1.807, 2.05) is 13.0 Å². The Bertz CT molecular complexity index is 449. The van der Waals surface area contributed by atoms with Crippen LogP contribution in [0.1, 0.15) is 34.0 Å². The van der Waals surface area contributed by atoms with Crippen LogP contribution in [0.15, 0.2) is 12.1 Å². The second-order valence-corrected chi connectivity index (χ2v) is 3.52. The highest BCUT2D eigenvalue weighted by Crippen LogP contribution is 2.21. The van der Waals surface area contributed by atoms with Crippen molar-refractivity contribution < 1.29 is 9.53 Å². The van der Waals surface area contributed by atoms with Crippen molar-refractivity contribution in [1.82, 2.24) is 0 Å². The van der Waals surface area contributed by atoms with Gasteiger partial charge < -0.3 is 4.74 Å². The molecule has 1 aromatic carbocycles. The first-order chi connectivity index (χ1) is 7.65. The minimum Gasteiger partial charge on any atom is -0.462 e. The van der Waals surface area contributed by atoms with Crippen LogP contribution in [-0.2, 0) is 10.6 Å². The lowest BCUT2D eigenvalue weighted by atomic mass is 9.98. The first-order valence-corrected chi connectivity index (χ1v) is 5.44. The van der Waals surface area contributed by atoms with Crippen LogP contribution in [-0.4, -0.2) is 12.6 Å². The molecule has 1 aromatic rings. The van der Waals surface area contributed by atoms with Gasteiger partial charge in [0.2, 0.25) is 0 Å². The Balaban J connectivity index is 3.31. The summed E-state index contributed by atoms with van der Waals surface area (Å²) in [7, 11) is 0. The third-order valence-corrected chi connectivity index (χ3v) is 2.56. The number of carbonyl (C=O) groups excluding carboxylic acids is 1. The minimum absolute atomic E-state index is 0.210. The molecule has 0 amide bonds. The number of ether oxygens (including phenoxy) is 1. The summed E-state index contributed by atoms with van der Waals surface area (Å²) in [4.78, 5) is 11.6. The molecule has 0 N–H and O–H groups in total. The number of esters is 1. The number of halogens is 1. The van der Waals surface area contributed by atoms with Gasteiger partial charge in [0.1, 0.15) is 6.07 Å². The van der Waals surface area contributed by atoms with Gasteiger partial charge in [-0.15, -0.1) is 11.6 Å². The lowest BCUT2D eigenvalue weighted by Gasteiger charge is -2.09. The maximum absolute atomic E-state index is 11.6. The first kappa shape index (κ1) is 12.5. The molecule has 0 aliphatic heterocycles. The smallest absolute Gasteiger partial charge is 0.339 e. The number of nitriles is 1. The van der Waals surface area contributed by atoms with E-state index in [1.54, 1.807) is 19.1 Å². The standard InChI is InChI=1S/C12H12ClNO2/c1-3-16-12(15)9-5-4-8(2)10(6-13)11(9)7-14/h4-5H,3,6H2,1-2H3. The molecule has 0 aromatic heterocycles. The molecule has 0 saturated carbocycles. The van der Waals surface area contributed by atoms with Gasteiger partial charge in [-0.1, -0.05) is 6.07 Å². The highest BCUT2D eigenvalue weighted by atomic mass is 35.5. The van der Waals surface area contributed by atoms with E-state index in [0.29, 0.717) is 11.1 Å². The van der Waals surface area contributed by atoms with Crippen molar-refractivity contribution in [1.29, 1.82) is 5.26 Å². The predicted octanol–water partition coefficient (Wildman–Crippen LogP) is 2.78. The summed E-state index contributed by atoms with van der Waals surface area (Å²) in [6.45, 7) is 3.86. The molecule has 0 spiro atoms. The summed E-state index contributed by atoms with van der Waals surface area (Å²) in [5, 5.41) is 9.06. The molecule has 84 valence electrons. The molecule has 0 radical (unpaired) electrons. The molecule has 1 rings (SSSR count). The number of alkyl halides is 1. The van der Waals surface area contributed by atoms with Gasteiger partial charge in [0, 0.05) is 5.88 Å². The summed E-state index contributed by atoms with van der Waals surface area (Å²) in [6.07, 6.45) is 0. The largest absolute Gasteiger partial charge is 0.462 e. The highest BCUT2D eigenvalue weighted by Gasteiger charge is 2.16. The molecule has 0 fully saturated rings. The average Bonchev–Trinajstić information content (AvgIpc) is 2.28. The van der Waals surface area contributed by atoms with Crippen LogP contribution in [0, 0.1) is 18.3 Å². The summed E-state index contributed by atoms with van der Waals surface area (Å²) in [5.74, 6) is -0.271. The monoisotopic (exact) mass is 237 g/mol. The maximum atomic E-state index is 11.6. The Morgan fingerprint density at radius 1 is 1.56 bits per heavy atom. The summed E-state index contributed by atoms with van der Waals surface area (Å²) in [6, 6.07) is 5.38. The van der Waals surface area contributed by atoms with Crippen LogP contribution in [0.4, 0.5) is 0 Å². The van der Waals surface area contributed by atoms with Crippen molar-refractivity contribution in [3.05, 3.63) is 34.4 Å². The van der Waals surface area contributed by atoms with Gasteiger partial charge in [-0.05, 0) is 31.0 Å². The van der Waals surface area contributed by atoms with Gasteiger partial charge in [0.25, 0.3) is 0 Å². The van der Waals surface area contributed by atoms with Crippen molar-refractivity contribution in [3.8, 4) is 6.07 Å². The van der Waals surface area contributed by atoms with Crippen LogP contribution in [0.25, 0.3) is 0 Å². The fraction of sp³-hybridized carbons (Fsp3) is 0.333. The van der Waals surface area contributed by atoms with Gasteiger partial charge in [-0.25, -0.2) is 4.79 Å². The Hall–Kier alpha value is -1.53. The predicted molar refractivity (Wildman–Crippen MR) is 61.4 cm³/mol. The highest BCUT2D eigenvalue weighted by molar-refractivity contribution is 6.17. The van der Waals surface area contributed by atoms with E-state index in [4.69, 9.17) is 21.6 Å². The SMILES string of the molecule is CCOC(=O)c1ccc(C)c(CCl)c1C#N. The summed E-state index contributed by atoms with van der Waals surface area (Å²) >= 11 is 5.77. The van der Waals surface area contributed by atoms with E-state index >= 15 is 0 Å². The zero-order chi connectivity index (χ0) is 12.1. The maximum Gasteiger partial charge on any atom is 0.339 e. The van der Waals surface area contributed by atoms with Crippen molar-refractivity contribution >= 4 is 17.6 Å². The zero-order valence-corrected chi connectivity index (χ0v) is 9.97. The Morgan fingerprint density at radius 2 is 2.25 bits per heavy atom. The summed E-state index contributed by atoms with van der Waals surface area (Å²) in [5.41, 5.74) is 2.19. The van der Waals surface area contributed by atoms with Crippen molar-refractivity contribution in [2.75, 3.05) is 6.61 Å². The second-order valence-electron chi connectivity index (χ2n) is 3.25. The summed E-state index contributed by atoms with van der Waals surface area (Å²) < 4.78 is 4.88. The van der Waals surface area contributed by atoms with Gasteiger partial charge in [-0.2, -0.15) is 5.26 Å². The number of carbonyl (C=O) groups is 1. The fourth-order valence-corrected chi connectivity index (χ4v) is 1.78. The number of hydrogen-bond donors (Lipinski definition) is 0. The molecule has 0 unspecified atom stereocenters. The zero-order valence-electron chi connectivity index (χ0n) is 9.21. The van der Waals surface area contributed by atoms with E-state index < -0.39 is 5.97 Å². The van der Waals surface area contributed by atoms with E-state index in [2.05, 4.69) is 0 Å². The molecule has 0 bridgehead atoms. The van der Waals surface area contributed by atoms with Gasteiger partial charge in [0.05, 0.1) is 17.7 Å². The Kier molecular flexibility index (Phi) is 4.33. The van der Waals surface area contributed by atoms with Crippen LogP contribution in [0.5, 0.6) is 0 Å². The van der Waals surface area contributed by atoms with Gasteiger partial charge in [-0.3, -0.25) is 0 Å². The molecule has 0 heterocycles. The lowest BCUT2D eigenvalue weighted by Crippen LogP contribution is -2.09. The average molecular weight is 238 g/mol. The van der Waals surface area contributed by atoms with Crippen LogP contribution < -0.4 is 0 Å². The first-order valence-electron chi connectivity index (χ1n) is 4.91. The molecule has 0 aliphatic carbocycles. The molecule has 0 aliphatic rings. The van der Waals surface area contributed by atoms with E-state index in [0.717, 1.165) is 5.56 Å². The van der Waals surface area contributed by atoms with E-state index in [9.17, 15) is 4.79 Å². The minimum atomic E-state index is -0.481. The molecule has 16 heavy (non-hydrogen) atoms. The number of hydrogen-bond acceptors (Lipinski definition) is 3. The molecule has 4 heteroatoms. The van der Waals surface area contributed by atoms with Crippen molar-refractivity contribution in [2.24, 2.45) is 0 Å². The molecular formula is C12H12ClNO2. The van der Waals surface area contributed by atoms with Crippen LogP contribution in [0.3, 0.4) is 0 Å². The van der Waals surface area contributed by atoms with Crippen LogP contribution >= 0.6 is 11.6 Å². The topological polar surface area (TPSA) is 50.1 Å². The number of nitrogens with zero attached hydrogens (tertiary/aromatic N) is 1. The number of benzene rings is 1. The Labute approximate surface area is 99.6 Å². The third kappa shape index (κ3) is 2.34. The van der Waals surface area contributed by atoms with Gasteiger partial charge in [0.15, 0.2) is 0 Å². The molecule has 3 nitrogen and oxygen atoms in total.